The van der Waals surface area contributed by atoms with Crippen molar-refractivity contribution in [1.29, 1.82) is 5.26 Å². The van der Waals surface area contributed by atoms with E-state index in [4.69, 9.17) is 39.5 Å². The first-order valence-electron chi connectivity index (χ1n) is 12.1. The van der Waals surface area contributed by atoms with Gasteiger partial charge in [0.1, 0.15) is 12.7 Å². The van der Waals surface area contributed by atoms with Crippen molar-refractivity contribution in [3.63, 3.8) is 0 Å². The van der Waals surface area contributed by atoms with Crippen molar-refractivity contribution in [3.8, 4) is 6.07 Å². The van der Waals surface area contributed by atoms with Crippen LogP contribution in [0.15, 0.2) is 54.6 Å². The molecule has 2 saturated heterocycles. The summed E-state index contributed by atoms with van der Waals surface area (Å²) in [6, 6.07) is 18.6. The molecular formula is C26H28Cl3N5O3. The van der Waals surface area contributed by atoms with Gasteiger partial charge in [-0.1, -0.05) is 77.3 Å². The molecule has 0 spiro atoms. The molecule has 0 radical (unpaired) electrons. The van der Waals surface area contributed by atoms with Crippen molar-refractivity contribution >= 4 is 52.5 Å². The van der Waals surface area contributed by atoms with Crippen molar-refractivity contribution in [2.24, 2.45) is 0 Å². The number of hydrogen-bond acceptors (Lipinski definition) is 6. The van der Waals surface area contributed by atoms with Crippen LogP contribution in [0.1, 0.15) is 17.5 Å². The number of nitrogens with one attached hydrogen (secondary N) is 1. The van der Waals surface area contributed by atoms with Crippen LogP contribution in [0, 0.1) is 11.3 Å². The fraction of sp³-hybridized carbons (Fsp3) is 0.423. The first kappa shape index (κ1) is 27.3. The molecule has 2 amide bonds. The van der Waals surface area contributed by atoms with Crippen molar-refractivity contribution in [2.45, 2.75) is 28.8 Å². The van der Waals surface area contributed by atoms with Gasteiger partial charge in [0.25, 0.3) is 0 Å². The van der Waals surface area contributed by atoms with Crippen LogP contribution in [-0.4, -0.2) is 77.0 Å². The Morgan fingerprint density at radius 2 is 1.73 bits per heavy atom. The van der Waals surface area contributed by atoms with Gasteiger partial charge >= 0.3 is 6.09 Å². The molecule has 2 heterocycles. The second kappa shape index (κ2) is 12.2. The number of rotatable bonds is 6. The molecular weight excluding hydrogens is 537 g/mol. The molecule has 0 aromatic heterocycles. The molecule has 8 nitrogen and oxygen atoms in total. The van der Waals surface area contributed by atoms with Gasteiger partial charge in [0.2, 0.25) is 9.70 Å². The van der Waals surface area contributed by atoms with Gasteiger partial charge in [-0.2, -0.15) is 5.26 Å². The molecule has 0 bridgehead atoms. The fourth-order valence-corrected chi connectivity index (χ4v) is 4.89. The zero-order chi connectivity index (χ0) is 26.4. The molecule has 11 heteroatoms. The van der Waals surface area contributed by atoms with E-state index >= 15 is 0 Å². The van der Waals surface area contributed by atoms with E-state index in [-0.39, 0.29) is 18.6 Å². The highest BCUT2D eigenvalue weighted by atomic mass is 35.6. The third kappa shape index (κ3) is 7.20. The van der Waals surface area contributed by atoms with E-state index < -0.39 is 15.9 Å². The van der Waals surface area contributed by atoms with Crippen LogP contribution in [0.5, 0.6) is 0 Å². The summed E-state index contributed by atoms with van der Waals surface area (Å²) in [4.78, 5) is 31.8. The molecule has 0 saturated carbocycles. The maximum absolute atomic E-state index is 13.3. The lowest BCUT2D eigenvalue weighted by atomic mass is 10.1. The summed E-state index contributed by atoms with van der Waals surface area (Å²) < 4.78 is 3.57. The lowest BCUT2D eigenvalue weighted by Crippen LogP contribution is -2.53. The monoisotopic (exact) mass is 563 g/mol. The Kier molecular flexibility index (Phi) is 9.04. The van der Waals surface area contributed by atoms with Crippen LogP contribution in [0.25, 0.3) is 0 Å². The number of amides is 2. The van der Waals surface area contributed by atoms with Crippen LogP contribution in [-0.2, 0) is 16.1 Å². The predicted molar refractivity (Wildman–Crippen MR) is 144 cm³/mol. The number of piperazine rings is 1. The maximum atomic E-state index is 13.3. The van der Waals surface area contributed by atoms with E-state index in [1.807, 2.05) is 53.4 Å². The van der Waals surface area contributed by atoms with Crippen LogP contribution < -0.4 is 10.2 Å². The normalized spacial score (nSPS) is 19.8. The lowest BCUT2D eigenvalue weighted by Gasteiger charge is -2.37. The molecule has 2 fully saturated rings. The zero-order valence-electron chi connectivity index (χ0n) is 20.2. The molecule has 1 N–H and O–H groups in total. The summed E-state index contributed by atoms with van der Waals surface area (Å²) in [5.74, 6) is 0.00467. The number of carbonyl (C=O) groups excluding carboxylic acids is 2. The van der Waals surface area contributed by atoms with Crippen LogP contribution in [0.2, 0.25) is 0 Å². The fourth-order valence-electron chi connectivity index (χ4n) is 4.72. The van der Waals surface area contributed by atoms with Crippen molar-refractivity contribution in [2.75, 3.05) is 44.2 Å². The number of halogens is 3. The topological polar surface area (TPSA) is 88.9 Å². The van der Waals surface area contributed by atoms with Gasteiger partial charge in [-0.25, -0.2) is 4.79 Å². The second-order valence-corrected chi connectivity index (χ2v) is 11.6. The Bertz CT molecular complexity index is 1130. The molecule has 0 aliphatic carbocycles. The third-order valence-electron chi connectivity index (χ3n) is 6.59. The maximum Gasteiger partial charge on any atom is 0.410 e. The first-order valence-corrected chi connectivity index (χ1v) is 13.2. The van der Waals surface area contributed by atoms with Crippen molar-refractivity contribution in [1.82, 2.24) is 15.1 Å². The smallest absolute Gasteiger partial charge is 0.410 e. The summed E-state index contributed by atoms with van der Waals surface area (Å²) in [7, 11) is 0. The Morgan fingerprint density at radius 3 is 2.41 bits per heavy atom. The quantitative estimate of drug-likeness (QED) is 0.535. The van der Waals surface area contributed by atoms with Gasteiger partial charge in [-0.15, -0.1) is 0 Å². The molecule has 2 atom stereocenters. The molecule has 2 aromatic rings. The largest absolute Gasteiger partial charge is 0.445 e. The minimum Gasteiger partial charge on any atom is -0.445 e. The summed E-state index contributed by atoms with van der Waals surface area (Å²) in [6.07, 6.45) is -0.147. The number of nitrogens with zero attached hydrogens (tertiary/aromatic N) is 4. The Labute approximate surface area is 231 Å². The van der Waals surface area contributed by atoms with Crippen LogP contribution >= 0.6 is 34.8 Å². The van der Waals surface area contributed by atoms with E-state index in [1.54, 1.807) is 11.0 Å². The number of alkyl halides is 3. The summed E-state index contributed by atoms with van der Waals surface area (Å²) in [5, 5.41) is 12.7. The van der Waals surface area contributed by atoms with E-state index in [2.05, 4.69) is 16.3 Å². The Balaban J connectivity index is 1.37. The van der Waals surface area contributed by atoms with Gasteiger partial charge in [0.05, 0.1) is 17.3 Å². The number of ether oxygens (including phenoxy) is 1. The van der Waals surface area contributed by atoms with Crippen LogP contribution in [0.4, 0.5) is 10.5 Å². The average Bonchev–Trinajstić information content (AvgIpc) is 3.40. The molecule has 4 rings (SSSR count). The van der Waals surface area contributed by atoms with Gasteiger partial charge in [-0.05, 0) is 24.1 Å². The van der Waals surface area contributed by atoms with Crippen LogP contribution in [0.3, 0.4) is 0 Å². The molecule has 196 valence electrons. The van der Waals surface area contributed by atoms with Gasteiger partial charge in [-0.3, -0.25) is 9.69 Å². The first-order chi connectivity index (χ1) is 17.7. The van der Waals surface area contributed by atoms with E-state index in [9.17, 15) is 14.9 Å². The molecule has 2 aliphatic rings. The highest BCUT2D eigenvalue weighted by Gasteiger charge is 2.38. The Morgan fingerprint density at radius 1 is 1.05 bits per heavy atom. The van der Waals surface area contributed by atoms with E-state index in [0.717, 1.165) is 11.3 Å². The number of anilines is 1. The van der Waals surface area contributed by atoms with E-state index in [0.29, 0.717) is 51.3 Å². The molecule has 37 heavy (non-hydrogen) atoms. The standard InChI is InChI=1S/C26H28Cl3N5O3/c27-26(28,29)18-37-25(36)34(17-19-6-2-1-3-7-19)21-14-22(31-16-21)24(35)33-12-10-32(11-13-33)23-9-5-4-8-20(23)15-30/h1-9,21-22,31H,10-14,16-18H2. The highest BCUT2D eigenvalue weighted by Crippen LogP contribution is 2.27. The molecule has 2 unspecified atom stereocenters. The number of para-hydroxylation sites is 1. The second-order valence-electron chi connectivity index (χ2n) is 9.07. The Hall–Kier alpha value is -2.70. The number of hydrogen-bond donors (Lipinski definition) is 1. The predicted octanol–water partition coefficient (Wildman–Crippen LogP) is 3.95. The van der Waals surface area contributed by atoms with Crippen molar-refractivity contribution in [3.05, 3.63) is 65.7 Å². The minimum atomic E-state index is -1.71. The number of nitriles is 1. The molecule has 2 aliphatic heterocycles. The van der Waals surface area contributed by atoms with E-state index in [1.165, 1.54) is 0 Å². The number of benzene rings is 2. The number of carbonyl (C=O) groups is 2. The third-order valence-corrected chi connectivity index (χ3v) is 6.92. The summed E-state index contributed by atoms with van der Waals surface area (Å²) in [5.41, 5.74) is 2.45. The summed E-state index contributed by atoms with van der Waals surface area (Å²) in [6.45, 7) is 2.78. The molecule has 2 aromatic carbocycles. The van der Waals surface area contributed by atoms with Gasteiger partial charge < -0.3 is 19.9 Å². The SMILES string of the molecule is N#Cc1ccccc1N1CCN(C(=O)C2CC(N(Cc3ccccc3)C(=O)OCC(Cl)(Cl)Cl)CN2)CC1. The highest BCUT2D eigenvalue weighted by molar-refractivity contribution is 6.67. The van der Waals surface area contributed by atoms with Gasteiger partial charge in [0, 0.05) is 45.3 Å². The van der Waals surface area contributed by atoms with Crippen molar-refractivity contribution < 1.29 is 14.3 Å². The minimum absolute atomic E-state index is 0.00467. The van der Waals surface area contributed by atoms with Gasteiger partial charge in [0.15, 0.2) is 0 Å². The zero-order valence-corrected chi connectivity index (χ0v) is 22.4. The summed E-state index contributed by atoms with van der Waals surface area (Å²) >= 11 is 17.3. The lowest BCUT2D eigenvalue weighted by molar-refractivity contribution is -0.133. The average molecular weight is 565 g/mol.